The third kappa shape index (κ3) is 4.86. The third-order valence-corrected chi connectivity index (χ3v) is 8.83. The van der Waals surface area contributed by atoms with Gasteiger partial charge in [0.25, 0.3) is 0 Å². The Hall–Kier alpha value is -1.99. The average molecular weight is 510 g/mol. The van der Waals surface area contributed by atoms with E-state index in [1.807, 2.05) is 18.2 Å². The van der Waals surface area contributed by atoms with Crippen molar-refractivity contribution in [1.82, 2.24) is 4.90 Å². The number of hydrogen-bond donors (Lipinski definition) is 1. The molecular formula is C27H31ClF3NO3. The van der Waals surface area contributed by atoms with Crippen LogP contribution in [0.3, 0.4) is 0 Å². The van der Waals surface area contributed by atoms with Crippen LogP contribution in [0.5, 0.6) is 5.75 Å². The second-order valence-corrected chi connectivity index (χ2v) is 10.9. The number of hydrogen-bond acceptors (Lipinski definition) is 3. The molecule has 35 heavy (non-hydrogen) atoms. The van der Waals surface area contributed by atoms with Gasteiger partial charge in [0.2, 0.25) is 0 Å². The highest BCUT2D eigenvalue weighted by Crippen LogP contribution is 2.45. The fourth-order valence-corrected chi connectivity index (χ4v) is 6.83. The van der Waals surface area contributed by atoms with Gasteiger partial charge in [-0.3, -0.25) is 9.69 Å². The molecule has 5 rings (SSSR count). The van der Waals surface area contributed by atoms with Gasteiger partial charge in [-0.25, -0.2) is 0 Å². The summed E-state index contributed by atoms with van der Waals surface area (Å²) < 4.78 is 44.9. The van der Waals surface area contributed by atoms with Crippen LogP contribution >= 0.6 is 11.6 Å². The molecule has 1 N–H and O–H groups in total. The molecule has 8 heteroatoms. The summed E-state index contributed by atoms with van der Waals surface area (Å²) in [5.74, 6) is -1.64. The van der Waals surface area contributed by atoms with Gasteiger partial charge in [0.05, 0.1) is 23.0 Å². The zero-order valence-electron chi connectivity index (χ0n) is 19.7. The van der Waals surface area contributed by atoms with Crippen molar-refractivity contribution < 1.29 is 27.8 Å². The number of carbonyl (C=O) groups is 1. The van der Waals surface area contributed by atoms with Crippen LogP contribution in [0.1, 0.15) is 69.9 Å². The molecule has 1 saturated carbocycles. The molecule has 2 heterocycles. The molecule has 0 spiro atoms. The smallest absolute Gasteiger partial charge is 0.391 e. The molecule has 4 nitrogen and oxygen atoms in total. The standard InChI is InChI=1S/C27H31ClF3NO3/c1-15(32-20-6-7-21(32)14-18(13-20)26(33)34)16-2-10-23-17(12-16)3-11-24(25(23)28)35-22-8-4-19(5-9-22)27(29,30)31/h2-3,10-12,15,18-22H,4-9,13-14H2,1H3,(H,33,34)/t15-,18?,19-,20?,21?,22+/m0/s1. The largest absolute Gasteiger partial charge is 0.489 e. The first kappa shape index (κ1) is 24.7. The first-order valence-corrected chi connectivity index (χ1v) is 13.0. The summed E-state index contributed by atoms with van der Waals surface area (Å²) in [6, 6.07) is 10.7. The van der Waals surface area contributed by atoms with Crippen molar-refractivity contribution in [2.45, 2.75) is 88.7 Å². The third-order valence-electron chi connectivity index (χ3n) is 8.44. The fraction of sp³-hybridized carbons (Fsp3) is 0.593. The lowest BCUT2D eigenvalue weighted by molar-refractivity contribution is -0.185. The number of carboxylic acids is 1. The van der Waals surface area contributed by atoms with Crippen LogP contribution < -0.4 is 4.74 Å². The zero-order valence-corrected chi connectivity index (χ0v) is 20.5. The van der Waals surface area contributed by atoms with E-state index in [9.17, 15) is 23.1 Å². The van der Waals surface area contributed by atoms with E-state index in [1.165, 1.54) is 5.56 Å². The highest BCUT2D eigenvalue weighted by atomic mass is 35.5. The van der Waals surface area contributed by atoms with Gasteiger partial charge in [0.1, 0.15) is 5.75 Å². The van der Waals surface area contributed by atoms with E-state index >= 15 is 0 Å². The minimum Gasteiger partial charge on any atom is -0.489 e. The molecule has 0 aromatic heterocycles. The molecule has 2 aromatic carbocycles. The van der Waals surface area contributed by atoms with Gasteiger partial charge in [0, 0.05) is 23.5 Å². The Kier molecular flexibility index (Phi) is 6.68. The van der Waals surface area contributed by atoms with Gasteiger partial charge in [-0.15, -0.1) is 0 Å². The molecule has 0 radical (unpaired) electrons. The van der Waals surface area contributed by atoms with E-state index < -0.39 is 18.1 Å². The Morgan fingerprint density at radius 1 is 1.06 bits per heavy atom. The van der Waals surface area contributed by atoms with Crippen LogP contribution in [-0.2, 0) is 4.79 Å². The quantitative estimate of drug-likeness (QED) is 0.456. The number of alkyl halides is 3. The summed E-state index contributed by atoms with van der Waals surface area (Å²) >= 11 is 6.67. The normalized spacial score (nSPS) is 30.4. The number of piperidine rings is 1. The summed E-state index contributed by atoms with van der Waals surface area (Å²) in [6.07, 6.45) is 0.0407. The van der Waals surface area contributed by atoms with E-state index in [2.05, 4.69) is 24.0 Å². The maximum absolute atomic E-state index is 12.9. The maximum Gasteiger partial charge on any atom is 0.391 e. The van der Waals surface area contributed by atoms with Crippen molar-refractivity contribution in [3.8, 4) is 5.75 Å². The van der Waals surface area contributed by atoms with Gasteiger partial charge in [-0.1, -0.05) is 29.8 Å². The predicted octanol–water partition coefficient (Wildman–Crippen LogP) is 7.38. The van der Waals surface area contributed by atoms with Crippen LogP contribution in [-0.4, -0.2) is 40.3 Å². The summed E-state index contributed by atoms with van der Waals surface area (Å²) in [6.45, 7) is 2.18. The lowest BCUT2D eigenvalue weighted by Gasteiger charge is -2.41. The summed E-state index contributed by atoms with van der Waals surface area (Å²) in [4.78, 5) is 14.0. The Bertz CT molecular complexity index is 1090. The molecule has 2 unspecified atom stereocenters. The van der Waals surface area contributed by atoms with Crippen molar-refractivity contribution in [2.75, 3.05) is 0 Å². The van der Waals surface area contributed by atoms with Crippen molar-refractivity contribution in [3.63, 3.8) is 0 Å². The van der Waals surface area contributed by atoms with Crippen molar-refractivity contribution in [3.05, 3.63) is 40.9 Å². The van der Waals surface area contributed by atoms with Gasteiger partial charge in [0.15, 0.2) is 0 Å². The van der Waals surface area contributed by atoms with Crippen LogP contribution in [0.25, 0.3) is 10.8 Å². The lowest BCUT2D eigenvalue weighted by Crippen LogP contribution is -2.45. The van der Waals surface area contributed by atoms with Gasteiger partial charge < -0.3 is 9.84 Å². The van der Waals surface area contributed by atoms with E-state index in [4.69, 9.17) is 16.3 Å². The maximum atomic E-state index is 12.9. The van der Waals surface area contributed by atoms with E-state index in [1.54, 1.807) is 0 Å². The molecule has 2 bridgehead atoms. The lowest BCUT2D eigenvalue weighted by atomic mass is 9.87. The number of fused-ring (bicyclic) bond motifs is 3. The number of halogens is 4. The molecular weight excluding hydrogens is 479 g/mol. The molecule has 190 valence electrons. The zero-order chi connectivity index (χ0) is 24.9. The highest BCUT2D eigenvalue weighted by Gasteiger charge is 2.45. The first-order chi connectivity index (χ1) is 16.6. The molecule has 1 aliphatic carbocycles. The SMILES string of the molecule is C[C@@H](c1ccc2c(Cl)c(O[C@H]3CC[C@@H](C(F)(F)F)CC3)ccc2c1)N1C2CCC1CC(C(=O)O)C2. The van der Waals surface area contributed by atoms with Crippen molar-refractivity contribution in [2.24, 2.45) is 11.8 Å². The monoisotopic (exact) mass is 509 g/mol. The fourth-order valence-electron chi connectivity index (χ4n) is 6.55. The van der Waals surface area contributed by atoms with Crippen LogP contribution in [0.15, 0.2) is 30.3 Å². The Morgan fingerprint density at radius 2 is 1.71 bits per heavy atom. The molecule has 3 aliphatic rings. The first-order valence-electron chi connectivity index (χ1n) is 12.6. The van der Waals surface area contributed by atoms with E-state index in [0.717, 1.165) is 23.6 Å². The number of rotatable bonds is 5. The second-order valence-electron chi connectivity index (χ2n) is 10.5. The van der Waals surface area contributed by atoms with E-state index in [0.29, 0.717) is 48.5 Å². The van der Waals surface area contributed by atoms with Crippen molar-refractivity contribution >= 4 is 28.3 Å². The number of nitrogens with zero attached hydrogens (tertiary/aromatic N) is 1. The molecule has 2 aromatic rings. The number of benzene rings is 2. The molecule has 0 amide bonds. The number of aliphatic carboxylic acids is 1. The van der Waals surface area contributed by atoms with Crippen molar-refractivity contribution in [1.29, 1.82) is 0 Å². The predicted molar refractivity (Wildman–Crippen MR) is 129 cm³/mol. The molecule has 2 saturated heterocycles. The van der Waals surface area contributed by atoms with E-state index in [-0.39, 0.29) is 30.9 Å². The topological polar surface area (TPSA) is 49.8 Å². The minimum absolute atomic E-state index is 0.0896. The second kappa shape index (κ2) is 9.47. The summed E-state index contributed by atoms with van der Waals surface area (Å²) in [5.41, 5.74) is 1.17. The summed E-state index contributed by atoms with van der Waals surface area (Å²) in [7, 11) is 0. The molecule has 3 atom stereocenters. The van der Waals surface area contributed by atoms with Crippen LogP contribution in [0.2, 0.25) is 5.02 Å². The van der Waals surface area contributed by atoms with Crippen LogP contribution in [0, 0.1) is 11.8 Å². The minimum atomic E-state index is -4.13. The number of ether oxygens (including phenoxy) is 1. The Morgan fingerprint density at radius 3 is 2.31 bits per heavy atom. The highest BCUT2D eigenvalue weighted by molar-refractivity contribution is 6.37. The Balaban J connectivity index is 1.29. The van der Waals surface area contributed by atoms with Gasteiger partial charge >= 0.3 is 12.1 Å². The van der Waals surface area contributed by atoms with Gasteiger partial charge in [-0.05, 0) is 81.4 Å². The number of carboxylic acid groups (broad SMARTS) is 1. The molecule has 2 aliphatic heterocycles. The Labute approximate surface area is 208 Å². The van der Waals surface area contributed by atoms with Crippen LogP contribution in [0.4, 0.5) is 13.2 Å². The van der Waals surface area contributed by atoms with Gasteiger partial charge in [-0.2, -0.15) is 13.2 Å². The summed E-state index contributed by atoms with van der Waals surface area (Å²) in [5, 5.41) is 11.8. The average Bonchev–Trinajstić information content (AvgIpc) is 3.08. The molecule has 3 fully saturated rings.